The van der Waals surface area contributed by atoms with Crippen molar-refractivity contribution in [1.29, 1.82) is 0 Å². The number of likely N-dealkylation sites (tertiary alicyclic amines) is 1. The number of hydrogen-bond donors (Lipinski definition) is 0. The summed E-state index contributed by atoms with van der Waals surface area (Å²) >= 11 is 0. The van der Waals surface area contributed by atoms with E-state index in [2.05, 4.69) is 27.0 Å². The van der Waals surface area contributed by atoms with Gasteiger partial charge >= 0.3 is 0 Å². The van der Waals surface area contributed by atoms with E-state index in [1.807, 2.05) is 13.8 Å². The molecule has 0 aliphatic carbocycles. The first-order valence-corrected chi connectivity index (χ1v) is 10.2. The zero-order valence-corrected chi connectivity index (χ0v) is 15.3. The first kappa shape index (κ1) is 18.4. The predicted octanol–water partition coefficient (Wildman–Crippen LogP) is 1.13. The third-order valence-corrected chi connectivity index (χ3v) is 5.26. The van der Waals surface area contributed by atoms with Gasteiger partial charge in [-0.25, -0.2) is 8.42 Å². The van der Waals surface area contributed by atoms with E-state index in [1.165, 1.54) is 6.26 Å². The van der Waals surface area contributed by atoms with Crippen molar-refractivity contribution in [2.45, 2.75) is 45.2 Å². The molecule has 23 heavy (non-hydrogen) atoms. The predicted molar refractivity (Wildman–Crippen MR) is 89.0 cm³/mol. The number of hydrogen-bond acceptors (Lipinski definition) is 7. The van der Waals surface area contributed by atoms with Crippen molar-refractivity contribution in [3.63, 3.8) is 0 Å². The molecule has 0 N–H and O–H groups in total. The topological polar surface area (TPSA) is 79.5 Å². The lowest BCUT2D eigenvalue weighted by molar-refractivity contribution is 0.218. The molecule has 0 amide bonds. The molecule has 2 heterocycles. The summed E-state index contributed by atoms with van der Waals surface area (Å²) in [6.45, 7) is 7.57. The minimum absolute atomic E-state index is 0.248. The van der Waals surface area contributed by atoms with Crippen LogP contribution < -0.4 is 0 Å². The lowest BCUT2D eigenvalue weighted by Crippen LogP contribution is -2.34. The van der Waals surface area contributed by atoms with Gasteiger partial charge in [-0.05, 0) is 33.0 Å². The van der Waals surface area contributed by atoms with E-state index >= 15 is 0 Å². The number of sulfone groups is 1. The highest BCUT2D eigenvalue weighted by atomic mass is 32.2. The summed E-state index contributed by atoms with van der Waals surface area (Å²) in [5.41, 5.74) is 0. The highest BCUT2D eigenvalue weighted by Gasteiger charge is 2.26. The first-order valence-electron chi connectivity index (χ1n) is 8.17. The Balaban J connectivity index is 1.76. The molecular formula is C15H28N4O3S. The van der Waals surface area contributed by atoms with Gasteiger partial charge in [-0.2, -0.15) is 4.98 Å². The van der Waals surface area contributed by atoms with Crippen LogP contribution in [-0.4, -0.2) is 73.1 Å². The van der Waals surface area contributed by atoms with Crippen LogP contribution in [0.15, 0.2) is 4.52 Å². The molecule has 132 valence electrons. The van der Waals surface area contributed by atoms with Gasteiger partial charge in [0.25, 0.3) is 0 Å². The summed E-state index contributed by atoms with van der Waals surface area (Å²) in [5, 5.41) is 4.04. The summed E-state index contributed by atoms with van der Waals surface area (Å²) in [4.78, 5) is 9.01. The second-order valence-corrected chi connectivity index (χ2v) is 9.10. The molecule has 1 aromatic rings. The zero-order chi connectivity index (χ0) is 17.0. The standard InChI is InChI=1S/C15H28N4O3S/c1-12(2)15-16-14(17-22-15)11-18(3)13-6-8-19(10-13)7-5-9-23(4,20)21/h12-13H,5-11H2,1-4H3/t13-/m0/s1. The van der Waals surface area contributed by atoms with Crippen LogP contribution >= 0.6 is 0 Å². The van der Waals surface area contributed by atoms with Gasteiger partial charge in [-0.3, -0.25) is 4.90 Å². The van der Waals surface area contributed by atoms with E-state index in [0.717, 1.165) is 31.9 Å². The van der Waals surface area contributed by atoms with E-state index in [-0.39, 0.29) is 11.7 Å². The monoisotopic (exact) mass is 344 g/mol. The molecule has 0 bridgehead atoms. The summed E-state index contributed by atoms with van der Waals surface area (Å²) in [6, 6.07) is 0.453. The van der Waals surface area contributed by atoms with Gasteiger partial charge in [0.15, 0.2) is 5.82 Å². The fourth-order valence-electron chi connectivity index (χ4n) is 2.84. The van der Waals surface area contributed by atoms with Crippen molar-refractivity contribution in [1.82, 2.24) is 19.9 Å². The molecule has 0 unspecified atom stereocenters. The highest BCUT2D eigenvalue weighted by molar-refractivity contribution is 7.90. The largest absolute Gasteiger partial charge is 0.339 e. The molecule has 1 fully saturated rings. The van der Waals surface area contributed by atoms with Crippen LogP contribution in [0, 0.1) is 0 Å². The maximum absolute atomic E-state index is 11.2. The minimum atomic E-state index is -2.86. The van der Waals surface area contributed by atoms with E-state index in [4.69, 9.17) is 4.52 Å². The van der Waals surface area contributed by atoms with Crippen molar-refractivity contribution in [3.8, 4) is 0 Å². The maximum Gasteiger partial charge on any atom is 0.229 e. The third kappa shape index (κ3) is 5.86. The quantitative estimate of drug-likeness (QED) is 0.699. The van der Waals surface area contributed by atoms with E-state index < -0.39 is 9.84 Å². The molecule has 0 radical (unpaired) electrons. The second-order valence-electron chi connectivity index (χ2n) is 6.85. The van der Waals surface area contributed by atoms with Crippen LogP contribution in [0.4, 0.5) is 0 Å². The normalized spacial score (nSPS) is 20.0. The summed E-state index contributed by atoms with van der Waals surface area (Å²) in [5.74, 6) is 1.93. The Morgan fingerprint density at radius 1 is 1.43 bits per heavy atom. The zero-order valence-electron chi connectivity index (χ0n) is 14.5. The van der Waals surface area contributed by atoms with E-state index in [9.17, 15) is 8.42 Å². The second kappa shape index (κ2) is 7.72. The number of likely N-dealkylation sites (N-methyl/N-ethyl adjacent to an activating group) is 1. The molecule has 7 nitrogen and oxygen atoms in total. The highest BCUT2D eigenvalue weighted by Crippen LogP contribution is 2.17. The smallest absolute Gasteiger partial charge is 0.229 e. The van der Waals surface area contributed by atoms with Crippen LogP contribution in [0.1, 0.15) is 44.3 Å². The van der Waals surface area contributed by atoms with Crippen molar-refractivity contribution in [2.24, 2.45) is 0 Å². The molecule has 1 aliphatic heterocycles. The average molecular weight is 344 g/mol. The molecule has 1 saturated heterocycles. The van der Waals surface area contributed by atoms with Gasteiger partial charge in [0, 0.05) is 24.8 Å². The molecule has 0 saturated carbocycles. The number of rotatable bonds is 8. The van der Waals surface area contributed by atoms with Crippen LogP contribution in [0.5, 0.6) is 0 Å². The Labute approximate surface area is 138 Å². The molecular weight excluding hydrogens is 316 g/mol. The maximum atomic E-state index is 11.2. The van der Waals surface area contributed by atoms with Gasteiger partial charge in [0.05, 0.1) is 12.3 Å². The van der Waals surface area contributed by atoms with Crippen LogP contribution in [0.2, 0.25) is 0 Å². The van der Waals surface area contributed by atoms with Crippen molar-refractivity contribution in [2.75, 3.05) is 38.7 Å². The van der Waals surface area contributed by atoms with Gasteiger partial charge in [0.1, 0.15) is 9.84 Å². The fraction of sp³-hybridized carbons (Fsp3) is 0.867. The summed E-state index contributed by atoms with van der Waals surface area (Å²) < 4.78 is 27.6. The molecule has 0 aromatic carbocycles. The first-order chi connectivity index (χ1) is 10.7. The SMILES string of the molecule is CC(C)c1nc(CN(C)[C@H]2CCN(CCCS(C)(=O)=O)C2)no1. The van der Waals surface area contributed by atoms with Crippen LogP contribution in [0.3, 0.4) is 0 Å². The Morgan fingerprint density at radius 3 is 2.78 bits per heavy atom. The van der Waals surface area contributed by atoms with Gasteiger partial charge in [-0.1, -0.05) is 19.0 Å². The Hall–Kier alpha value is -0.990. The van der Waals surface area contributed by atoms with Crippen molar-refractivity contribution in [3.05, 3.63) is 11.7 Å². The number of nitrogens with zero attached hydrogens (tertiary/aromatic N) is 4. The summed E-state index contributed by atoms with van der Waals surface area (Å²) in [7, 11) is -0.776. The van der Waals surface area contributed by atoms with Crippen LogP contribution in [-0.2, 0) is 16.4 Å². The average Bonchev–Trinajstić information content (AvgIpc) is 3.06. The van der Waals surface area contributed by atoms with Gasteiger partial charge in [-0.15, -0.1) is 0 Å². The Kier molecular flexibility index (Phi) is 6.16. The van der Waals surface area contributed by atoms with Crippen LogP contribution in [0.25, 0.3) is 0 Å². The lowest BCUT2D eigenvalue weighted by atomic mass is 10.2. The van der Waals surface area contributed by atoms with E-state index in [0.29, 0.717) is 24.9 Å². The molecule has 1 aromatic heterocycles. The van der Waals surface area contributed by atoms with Gasteiger partial charge in [0.2, 0.25) is 5.89 Å². The summed E-state index contributed by atoms with van der Waals surface area (Å²) in [6.07, 6.45) is 3.09. The molecule has 1 aliphatic rings. The fourth-order valence-corrected chi connectivity index (χ4v) is 3.50. The van der Waals surface area contributed by atoms with Gasteiger partial charge < -0.3 is 9.42 Å². The Morgan fingerprint density at radius 2 is 2.17 bits per heavy atom. The van der Waals surface area contributed by atoms with E-state index in [1.54, 1.807) is 0 Å². The molecule has 2 rings (SSSR count). The minimum Gasteiger partial charge on any atom is -0.339 e. The molecule has 1 atom stereocenters. The Bertz CT molecular complexity index is 600. The molecule has 8 heteroatoms. The third-order valence-electron chi connectivity index (χ3n) is 4.23. The van der Waals surface area contributed by atoms with Crippen molar-refractivity contribution < 1.29 is 12.9 Å². The lowest BCUT2D eigenvalue weighted by Gasteiger charge is -2.23. The number of aromatic nitrogens is 2. The van der Waals surface area contributed by atoms with Crippen molar-refractivity contribution >= 4 is 9.84 Å². The molecule has 0 spiro atoms.